The summed E-state index contributed by atoms with van der Waals surface area (Å²) >= 11 is 0. The van der Waals surface area contributed by atoms with Gasteiger partial charge in [-0.1, -0.05) is 36.9 Å². The monoisotopic (exact) mass is 424 g/mol. The van der Waals surface area contributed by atoms with Gasteiger partial charge in [-0.15, -0.1) is 0 Å². The van der Waals surface area contributed by atoms with Crippen molar-refractivity contribution in [2.24, 2.45) is 0 Å². The molecule has 158 valence electrons. The van der Waals surface area contributed by atoms with Crippen molar-refractivity contribution in [2.75, 3.05) is 6.61 Å². The lowest BCUT2D eigenvalue weighted by molar-refractivity contribution is 0.0714. The lowest BCUT2D eigenvalue weighted by atomic mass is 9.98. The molecule has 5 rings (SSSR count). The summed E-state index contributed by atoms with van der Waals surface area (Å²) in [6, 6.07) is 17.5. The van der Waals surface area contributed by atoms with Gasteiger partial charge in [0, 0.05) is 18.9 Å². The molecule has 0 N–H and O–H groups in total. The predicted octanol–water partition coefficient (Wildman–Crippen LogP) is 4.50. The van der Waals surface area contributed by atoms with Crippen LogP contribution in [-0.2, 0) is 6.54 Å². The van der Waals surface area contributed by atoms with Gasteiger partial charge in [-0.2, -0.15) is 0 Å². The zero-order valence-corrected chi connectivity index (χ0v) is 17.2. The molecule has 6 heteroatoms. The SMILES string of the molecule is C=CCOc1ccc([C@H]2c3c(oc4ccccc4c3=O)C(=O)N2Cc2ccncc2)cc1. The highest BCUT2D eigenvalue weighted by Crippen LogP contribution is 2.39. The minimum atomic E-state index is -0.569. The van der Waals surface area contributed by atoms with Crippen molar-refractivity contribution >= 4 is 16.9 Å². The lowest BCUT2D eigenvalue weighted by Gasteiger charge is -2.25. The summed E-state index contributed by atoms with van der Waals surface area (Å²) in [6.45, 7) is 4.37. The number of amides is 1. The Labute approximate surface area is 184 Å². The normalized spacial score (nSPS) is 15.1. The molecule has 0 fully saturated rings. The maximum Gasteiger partial charge on any atom is 0.291 e. The third-order valence-electron chi connectivity index (χ3n) is 5.54. The minimum absolute atomic E-state index is 0.0970. The molecule has 1 amide bonds. The first-order valence-electron chi connectivity index (χ1n) is 10.3. The number of hydrogen-bond acceptors (Lipinski definition) is 5. The molecule has 2 aromatic carbocycles. The first-order valence-corrected chi connectivity index (χ1v) is 10.3. The van der Waals surface area contributed by atoms with Crippen molar-refractivity contribution < 1.29 is 13.9 Å². The number of ether oxygens (including phenoxy) is 1. The second kappa shape index (κ2) is 8.15. The van der Waals surface area contributed by atoms with Crippen molar-refractivity contribution in [3.63, 3.8) is 0 Å². The molecule has 1 aliphatic rings. The predicted molar refractivity (Wildman–Crippen MR) is 121 cm³/mol. The maximum atomic E-state index is 13.5. The summed E-state index contributed by atoms with van der Waals surface area (Å²) in [5.41, 5.74) is 2.29. The average Bonchev–Trinajstić information content (AvgIpc) is 3.10. The van der Waals surface area contributed by atoms with E-state index >= 15 is 0 Å². The topological polar surface area (TPSA) is 72.6 Å². The number of para-hydroxylation sites is 1. The van der Waals surface area contributed by atoms with Crippen LogP contribution in [0.1, 0.15) is 33.3 Å². The zero-order chi connectivity index (χ0) is 22.1. The van der Waals surface area contributed by atoms with Gasteiger partial charge in [-0.25, -0.2) is 0 Å². The Morgan fingerprint density at radius 2 is 1.78 bits per heavy atom. The molecule has 0 unspecified atom stereocenters. The van der Waals surface area contributed by atoms with Gasteiger partial charge in [0.15, 0.2) is 5.43 Å². The number of fused-ring (bicyclic) bond motifs is 2. The second-order valence-corrected chi connectivity index (χ2v) is 7.53. The molecule has 0 saturated heterocycles. The molecule has 0 saturated carbocycles. The van der Waals surface area contributed by atoms with Crippen LogP contribution in [0.3, 0.4) is 0 Å². The number of hydrogen-bond donors (Lipinski definition) is 0. The van der Waals surface area contributed by atoms with Gasteiger partial charge in [0.1, 0.15) is 17.9 Å². The van der Waals surface area contributed by atoms with Crippen LogP contribution in [0.5, 0.6) is 5.75 Å². The second-order valence-electron chi connectivity index (χ2n) is 7.53. The molecule has 3 heterocycles. The third kappa shape index (κ3) is 3.36. The summed E-state index contributed by atoms with van der Waals surface area (Å²) in [5, 5.41) is 0.459. The fourth-order valence-corrected chi connectivity index (χ4v) is 4.06. The molecule has 4 aromatic rings. The number of rotatable bonds is 6. The quantitative estimate of drug-likeness (QED) is 0.426. The molecule has 0 aliphatic carbocycles. The molecular formula is C26H20N2O4. The van der Waals surface area contributed by atoms with Crippen molar-refractivity contribution in [3.8, 4) is 5.75 Å². The van der Waals surface area contributed by atoms with Crippen molar-refractivity contribution in [2.45, 2.75) is 12.6 Å². The van der Waals surface area contributed by atoms with Crippen LogP contribution in [0.2, 0.25) is 0 Å². The van der Waals surface area contributed by atoms with Gasteiger partial charge in [-0.3, -0.25) is 14.6 Å². The summed E-state index contributed by atoms with van der Waals surface area (Å²) in [4.78, 5) is 32.6. The van der Waals surface area contributed by atoms with Crippen LogP contribution in [0.15, 0.2) is 94.9 Å². The van der Waals surface area contributed by atoms with Crippen molar-refractivity contribution in [1.29, 1.82) is 0 Å². The Bertz CT molecular complexity index is 1360. The molecule has 1 aliphatic heterocycles. The van der Waals surface area contributed by atoms with E-state index in [4.69, 9.17) is 9.15 Å². The average molecular weight is 424 g/mol. The molecule has 6 nitrogen and oxygen atoms in total. The highest BCUT2D eigenvalue weighted by Gasteiger charge is 2.42. The third-order valence-corrected chi connectivity index (χ3v) is 5.54. The first kappa shape index (κ1) is 19.8. The van der Waals surface area contributed by atoms with Crippen LogP contribution in [0.25, 0.3) is 11.0 Å². The number of carbonyl (C=O) groups excluding carboxylic acids is 1. The van der Waals surface area contributed by atoms with Crippen molar-refractivity contribution in [3.05, 3.63) is 118 Å². The van der Waals surface area contributed by atoms with Crippen LogP contribution < -0.4 is 10.2 Å². The highest BCUT2D eigenvalue weighted by atomic mass is 16.5. The van der Waals surface area contributed by atoms with Crippen LogP contribution in [0, 0.1) is 0 Å². The van der Waals surface area contributed by atoms with E-state index in [2.05, 4.69) is 11.6 Å². The van der Waals surface area contributed by atoms with E-state index in [1.54, 1.807) is 47.6 Å². The van der Waals surface area contributed by atoms with Gasteiger partial charge in [0.05, 0.1) is 17.0 Å². The van der Waals surface area contributed by atoms with Crippen LogP contribution in [0.4, 0.5) is 0 Å². The molecule has 0 spiro atoms. The van der Waals surface area contributed by atoms with Gasteiger partial charge in [0.25, 0.3) is 5.91 Å². The van der Waals surface area contributed by atoms with Gasteiger partial charge in [-0.05, 0) is 47.5 Å². The Morgan fingerprint density at radius 3 is 2.53 bits per heavy atom. The van der Waals surface area contributed by atoms with Gasteiger partial charge < -0.3 is 14.1 Å². The van der Waals surface area contributed by atoms with E-state index in [9.17, 15) is 9.59 Å². The molecule has 32 heavy (non-hydrogen) atoms. The molecule has 0 bridgehead atoms. The summed E-state index contributed by atoms with van der Waals surface area (Å²) < 4.78 is 11.5. The number of nitrogens with zero attached hydrogens (tertiary/aromatic N) is 2. The molecular weight excluding hydrogens is 404 g/mol. The zero-order valence-electron chi connectivity index (χ0n) is 17.2. The molecule has 1 atom stereocenters. The van der Waals surface area contributed by atoms with Crippen LogP contribution >= 0.6 is 0 Å². The van der Waals surface area contributed by atoms with Gasteiger partial charge in [0.2, 0.25) is 5.76 Å². The van der Waals surface area contributed by atoms with E-state index in [-0.39, 0.29) is 17.1 Å². The Balaban J connectivity index is 1.65. The van der Waals surface area contributed by atoms with Crippen molar-refractivity contribution in [1.82, 2.24) is 9.88 Å². The number of aromatic nitrogens is 1. The number of pyridine rings is 1. The number of benzene rings is 2. The Morgan fingerprint density at radius 1 is 1.03 bits per heavy atom. The number of carbonyl (C=O) groups is 1. The summed E-state index contributed by atoms with van der Waals surface area (Å²) in [5.74, 6) is 0.473. The first-order chi connectivity index (χ1) is 15.7. The highest BCUT2D eigenvalue weighted by molar-refractivity contribution is 5.99. The van der Waals surface area contributed by atoms with Crippen LogP contribution in [-0.4, -0.2) is 22.4 Å². The lowest BCUT2D eigenvalue weighted by Crippen LogP contribution is -2.29. The van der Waals surface area contributed by atoms with Gasteiger partial charge >= 0.3 is 0 Å². The standard InChI is InChI=1S/C26H20N2O4/c1-2-15-31-19-9-7-18(8-10-19)23-22-24(29)20-5-3-4-6-21(20)32-25(22)26(30)28(23)16-17-11-13-27-14-12-17/h2-14,23H,1,15-16H2/t23-/m0/s1. The molecule has 2 aromatic heterocycles. The largest absolute Gasteiger partial charge is 0.490 e. The summed E-state index contributed by atoms with van der Waals surface area (Å²) in [6.07, 6.45) is 5.04. The fourth-order valence-electron chi connectivity index (χ4n) is 4.06. The summed E-state index contributed by atoms with van der Waals surface area (Å²) in [7, 11) is 0. The minimum Gasteiger partial charge on any atom is -0.490 e. The van der Waals surface area contributed by atoms with E-state index in [1.807, 2.05) is 36.4 Å². The van der Waals surface area contributed by atoms with E-state index in [1.165, 1.54) is 0 Å². The Kier molecular flexibility index (Phi) is 5.03. The fraction of sp³-hybridized carbons (Fsp3) is 0.115. The van der Waals surface area contributed by atoms with E-state index in [0.29, 0.717) is 35.4 Å². The smallest absolute Gasteiger partial charge is 0.291 e. The maximum absolute atomic E-state index is 13.5. The molecule has 0 radical (unpaired) electrons. The van der Waals surface area contributed by atoms with E-state index < -0.39 is 6.04 Å². The van der Waals surface area contributed by atoms with E-state index in [0.717, 1.165) is 11.1 Å². The Hall–Kier alpha value is -4.19.